The van der Waals surface area contributed by atoms with Crippen LogP contribution in [0.3, 0.4) is 0 Å². The average Bonchev–Trinajstić information content (AvgIpc) is 2.84. The van der Waals surface area contributed by atoms with Gasteiger partial charge in [-0.1, -0.05) is 54.6 Å². The average molecular weight is 433 g/mol. The second-order valence-electron chi connectivity index (χ2n) is 7.22. The summed E-state index contributed by atoms with van der Waals surface area (Å²) in [4.78, 5) is 25.7. The molecule has 0 aliphatic rings. The first-order valence-electron chi connectivity index (χ1n) is 10.6. The summed E-state index contributed by atoms with van der Waals surface area (Å²) >= 11 is 0. The normalized spacial score (nSPS) is 11.3. The molecule has 6 nitrogen and oxygen atoms in total. The van der Waals surface area contributed by atoms with E-state index in [1.807, 2.05) is 61.5 Å². The van der Waals surface area contributed by atoms with Crippen molar-refractivity contribution in [2.75, 3.05) is 13.7 Å². The van der Waals surface area contributed by atoms with Crippen LogP contribution in [0.4, 0.5) is 0 Å². The van der Waals surface area contributed by atoms with E-state index < -0.39 is 6.04 Å². The molecule has 1 unspecified atom stereocenters. The zero-order valence-corrected chi connectivity index (χ0v) is 18.3. The summed E-state index contributed by atoms with van der Waals surface area (Å²) in [6.07, 6.45) is 0.387. The highest BCUT2D eigenvalue weighted by atomic mass is 16.5. The van der Waals surface area contributed by atoms with Crippen molar-refractivity contribution < 1.29 is 19.1 Å². The molecule has 0 fully saturated rings. The molecular weight excluding hydrogens is 404 g/mol. The molecule has 6 heteroatoms. The maximum Gasteiger partial charge on any atom is 0.251 e. The van der Waals surface area contributed by atoms with Gasteiger partial charge in [-0.25, -0.2) is 0 Å². The van der Waals surface area contributed by atoms with Crippen molar-refractivity contribution in [3.63, 3.8) is 0 Å². The van der Waals surface area contributed by atoms with Gasteiger partial charge in [-0.3, -0.25) is 9.59 Å². The van der Waals surface area contributed by atoms with Crippen LogP contribution in [0.15, 0.2) is 78.9 Å². The summed E-state index contributed by atoms with van der Waals surface area (Å²) in [5, 5.41) is 5.80. The molecule has 0 spiro atoms. The molecule has 0 radical (unpaired) electrons. The van der Waals surface area contributed by atoms with Gasteiger partial charge in [0.05, 0.1) is 13.7 Å². The van der Waals surface area contributed by atoms with Crippen molar-refractivity contribution in [1.82, 2.24) is 10.6 Å². The Balaban J connectivity index is 1.71. The van der Waals surface area contributed by atoms with E-state index in [-0.39, 0.29) is 11.8 Å². The van der Waals surface area contributed by atoms with Gasteiger partial charge in [0, 0.05) is 18.5 Å². The molecule has 3 aromatic carbocycles. The zero-order valence-electron chi connectivity index (χ0n) is 18.3. The SMILES string of the molecule is CCOc1ccc(CNC(=O)C(Cc2ccccc2)NC(=O)c2ccccc2)cc1OC. The van der Waals surface area contributed by atoms with Gasteiger partial charge in [-0.2, -0.15) is 0 Å². The summed E-state index contributed by atoms with van der Waals surface area (Å²) in [6.45, 7) is 2.74. The van der Waals surface area contributed by atoms with E-state index in [1.165, 1.54) is 0 Å². The number of ether oxygens (including phenoxy) is 2. The van der Waals surface area contributed by atoms with Gasteiger partial charge in [-0.15, -0.1) is 0 Å². The van der Waals surface area contributed by atoms with Gasteiger partial charge >= 0.3 is 0 Å². The van der Waals surface area contributed by atoms with Crippen LogP contribution in [0.25, 0.3) is 0 Å². The lowest BCUT2D eigenvalue weighted by Crippen LogP contribution is -2.47. The highest BCUT2D eigenvalue weighted by Crippen LogP contribution is 2.28. The Morgan fingerprint density at radius 3 is 2.22 bits per heavy atom. The van der Waals surface area contributed by atoms with E-state index in [0.29, 0.717) is 36.6 Å². The van der Waals surface area contributed by atoms with Crippen LogP contribution in [-0.4, -0.2) is 31.6 Å². The van der Waals surface area contributed by atoms with Gasteiger partial charge in [0.15, 0.2) is 11.5 Å². The Labute approximate surface area is 188 Å². The molecule has 2 N–H and O–H groups in total. The third-order valence-corrected chi connectivity index (χ3v) is 4.94. The molecule has 0 heterocycles. The van der Waals surface area contributed by atoms with E-state index in [9.17, 15) is 9.59 Å². The summed E-state index contributed by atoms with van der Waals surface area (Å²) < 4.78 is 10.9. The minimum Gasteiger partial charge on any atom is -0.493 e. The Morgan fingerprint density at radius 1 is 0.875 bits per heavy atom. The molecular formula is C26H28N2O4. The third-order valence-electron chi connectivity index (χ3n) is 4.94. The van der Waals surface area contributed by atoms with Gasteiger partial charge < -0.3 is 20.1 Å². The first kappa shape index (κ1) is 22.9. The minimum absolute atomic E-state index is 0.258. The fourth-order valence-corrected chi connectivity index (χ4v) is 3.30. The Morgan fingerprint density at radius 2 is 1.56 bits per heavy atom. The fourth-order valence-electron chi connectivity index (χ4n) is 3.30. The Bertz CT molecular complexity index is 1020. The highest BCUT2D eigenvalue weighted by Gasteiger charge is 2.22. The molecule has 0 aromatic heterocycles. The molecule has 166 valence electrons. The first-order chi connectivity index (χ1) is 15.6. The number of methoxy groups -OCH3 is 1. The first-order valence-corrected chi connectivity index (χ1v) is 10.6. The van der Waals surface area contributed by atoms with E-state index in [0.717, 1.165) is 11.1 Å². The summed E-state index contributed by atoms with van der Waals surface area (Å²) in [7, 11) is 1.58. The van der Waals surface area contributed by atoms with E-state index in [2.05, 4.69) is 10.6 Å². The monoisotopic (exact) mass is 432 g/mol. The predicted molar refractivity (Wildman–Crippen MR) is 124 cm³/mol. The quantitative estimate of drug-likeness (QED) is 0.512. The Kier molecular flexibility index (Phi) is 8.26. The molecule has 32 heavy (non-hydrogen) atoms. The molecule has 2 amide bonds. The minimum atomic E-state index is -0.713. The van der Waals surface area contributed by atoms with Crippen molar-refractivity contribution in [3.8, 4) is 11.5 Å². The highest BCUT2D eigenvalue weighted by molar-refractivity contribution is 5.97. The van der Waals surface area contributed by atoms with Crippen molar-refractivity contribution in [2.45, 2.75) is 25.9 Å². The number of nitrogens with one attached hydrogen (secondary N) is 2. The van der Waals surface area contributed by atoms with Crippen LogP contribution in [0.1, 0.15) is 28.4 Å². The van der Waals surface area contributed by atoms with E-state index in [1.54, 1.807) is 31.4 Å². The number of hydrogen-bond acceptors (Lipinski definition) is 4. The number of hydrogen-bond donors (Lipinski definition) is 2. The predicted octanol–water partition coefficient (Wildman–Crippen LogP) is 3.75. The number of carbonyl (C=O) groups excluding carboxylic acids is 2. The molecule has 0 bridgehead atoms. The van der Waals surface area contributed by atoms with Crippen LogP contribution < -0.4 is 20.1 Å². The topological polar surface area (TPSA) is 76.7 Å². The third kappa shape index (κ3) is 6.35. The standard InChI is InChI=1S/C26H28N2O4/c1-3-32-23-15-14-20(17-24(23)31-2)18-27-26(30)22(16-19-10-6-4-7-11-19)28-25(29)21-12-8-5-9-13-21/h4-15,17,22H,3,16,18H2,1-2H3,(H,27,30)(H,28,29). The summed E-state index contributed by atoms with van der Waals surface area (Å²) in [5.74, 6) is 0.717. The van der Waals surface area contributed by atoms with Crippen LogP contribution in [0, 0.1) is 0 Å². The Hall–Kier alpha value is -3.80. The van der Waals surface area contributed by atoms with Gasteiger partial charge in [0.25, 0.3) is 5.91 Å². The summed E-state index contributed by atoms with van der Waals surface area (Å²) in [5.41, 5.74) is 2.34. The van der Waals surface area contributed by atoms with Crippen molar-refractivity contribution in [3.05, 3.63) is 95.6 Å². The lowest BCUT2D eigenvalue weighted by molar-refractivity contribution is -0.123. The van der Waals surface area contributed by atoms with Crippen LogP contribution in [-0.2, 0) is 17.8 Å². The lowest BCUT2D eigenvalue weighted by Gasteiger charge is -2.19. The van der Waals surface area contributed by atoms with Crippen LogP contribution >= 0.6 is 0 Å². The van der Waals surface area contributed by atoms with E-state index in [4.69, 9.17) is 9.47 Å². The smallest absolute Gasteiger partial charge is 0.251 e. The van der Waals surface area contributed by atoms with Gasteiger partial charge in [-0.05, 0) is 42.3 Å². The number of amides is 2. The molecule has 0 aliphatic carbocycles. The number of rotatable bonds is 10. The maximum atomic E-state index is 13.0. The molecule has 0 saturated heterocycles. The lowest BCUT2D eigenvalue weighted by atomic mass is 10.0. The molecule has 3 rings (SSSR count). The molecule has 1 atom stereocenters. The zero-order chi connectivity index (χ0) is 22.8. The largest absolute Gasteiger partial charge is 0.493 e. The number of benzene rings is 3. The second-order valence-corrected chi connectivity index (χ2v) is 7.22. The van der Waals surface area contributed by atoms with Crippen molar-refractivity contribution >= 4 is 11.8 Å². The van der Waals surface area contributed by atoms with Gasteiger partial charge in [0.1, 0.15) is 6.04 Å². The van der Waals surface area contributed by atoms with Gasteiger partial charge in [0.2, 0.25) is 5.91 Å². The second kappa shape index (κ2) is 11.6. The van der Waals surface area contributed by atoms with E-state index >= 15 is 0 Å². The van der Waals surface area contributed by atoms with Crippen molar-refractivity contribution in [2.24, 2.45) is 0 Å². The maximum absolute atomic E-state index is 13.0. The number of carbonyl (C=O) groups is 2. The van der Waals surface area contributed by atoms with Crippen LogP contribution in [0.2, 0.25) is 0 Å². The fraction of sp³-hybridized carbons (Fsp3) is 0.231. The molecule has 3 aromatic rings. The van der Waals surface area contributed by atoms with Crippen LogP contribution in [0.5, 0.6) is 11.5 Å². The summed E-state index contributed by atoms with van der Waals surface area (Å²) in [6, 6.07) is 23.3. The van der Waals surface area contributed by atoms with Crippen molar-refractivity contribution in [1.29, 1.82) is 0 Å². The molecule has 0 aliphatic heterocycles. The molecule has 0 saturated carbocycles.